The van der Waals surface area contributed by atoms with Crippen molar-refractivity contribution in [3.63, 3.8) is 0 Å². The first-order valence-electron chi connectivity index (χ1n) is 8.28. The van der Waals surface area contributed by atoms with Crippen LogP contribution in [0, 0.1) is 0 Å². The quantitative estimate of drug-likeness (QED) is 0.903. The molecule has 1 fully saturated rings. The van der Waals surface area contributed by atoms with Gasteiger partial charge in [-0.25, -0.2) is 9.59 Å². The Balaban J connectivity index is 2.10. The Labute approximate surface area is 148 Å². The standard InChI is InChI=1S/C18H26N2O5/c1-12-11-19(8-9-20(12)17(23)25-18(2,3)4)13-6-7-14(16(21)22)15(10-13)24-5/h6-7,10,12H,8-9,11H2,1-5H3,(H,21,22). The fraction of sp³-hybridized carbons (Fsp3) is 0.556. The van der Waals surface area contributed by atoms with Crippen LogP contribution in [0.4, 0.5) is 10.5 Å². The molecule has 2 rings (SSSR count). The van der Waals surface area contributed by atoms with E-state index in [1.807, 2.05) is 27.7 Å². The molecule has 0 aromatic heterocycles. The summed E-state index contributed by atoms with van der Waals surface area (Å²) < 4.78 is 10.6. The van der Waals surface area contributed by atoms with Crippen molar-refractivity contribution in [2.24, 2.45) is 0 Å². The number of hydrogen-bond acceptors (Lipinski definition) is 5. The molecule has 1 unspecified atom stereocenters. The van der Waals surface area contributed by atoms with E-state index in [1.165, 1.54) is 7.11 Å². The summed E-state index contributed by atoms with van der Waals surface area (Å²) in [5, 5.41) is 9.18. The predicted molar refractivity (Wildman–Crippen MR) is 94.6 cm³/mol. The van der Waals surface area contributed by atoms with Crippen molar-refractivity contribution in [2.75, 3.05) is 31.6 Å². The maximum absolute atomic E-state index is 12.3. The number of hydrogen-bond donors (Lipinski definition) is 1. The second kappa shape index (κ2) is 7.21. The van der Waals surface area contributed by atoms with E-state index in [1.54, 1.807) is 23.1 Å². The number of benzene rings is 1. The molecule has 1 aromatic carbocycles. The molecule has 1 N–H and O–H groups in total. The largest absolute Gasteiger partial charge is 0.496 e. The minimum Gasteiger partial charge on any atom is -0.496 e. The normalized spacial score (nSPS) is 18.0. The van der Waals surface area contributed by atoms with Crippen LogP contribution in [-0.2, 0) is 4.74 Å². The molecule has 1 heterocycles. The Kier molecular flexibility index (Phi) is 5.45. The van der Waals surface area contributed by atoms with Crippen LogP contribution in [0.2, 0.25) is 0 Å². The molecule has 1 aromatic rings. The van der Waals surface area contributed by atoms with E-state index in [0.29, 0.717) is 25.4 Å². The SMILES string of the molecule is COc1cc(N2CCN(C(=O)OC(C)(C)C)C(C)C2)ccc1C(=O)O. The minimum atomic E-state index is -1.02. The summed E-state index contributed by atoms with van der Waals surface area (Å²) in [6.45, 7) is 9.33. The molecule has 1 aliphatic rings. The molecule has 1 atom stereocenters. The lowest BCUT2D eigenvalue weighted by atomic mass is 10.1. The van der Waals surface area contributed by atoms with Crippen molar-refractivity contribution in [3.8, 4) is 5.75 Å². The number of rotatable bonds is 3. The zero-order chi connectivity index (χ0) is 18.8. The molecule has 1 amide bonds. The van der Waals surface area contributed by atoms with Crippen LogP contribution < -0.4 is 9.64 Å². The number of carbonyl (C=O) groups is 2. The molecule has 7 heteroatoms. The van der Waals surface area contributed by atoms with Crippen molar-refractivity contribution in [2.45, 2.75) is 39.3 Å². The smallest absolute Gasteiger partial charge is 0.410 e. The third kappa shape index (κ3) is 4.55. The first kappa shape index (κ1) is 18.9. The molecule has 0 aliphatic carbocycles. The number of piperazine rings is 1. The Morgan fingerprint density at radius 3 is 2.44 bits per heavy atom. The van der Waals surface area contributed by atoms with Crippen molar-refractivity contribution in [1.82, 2.24) is 4.90 Å². The first-order valence-corrected chi connectivity index (χ1v) is 8.28. The van der Waals surface area contributed by atoms with Crippen molar-refractivity contribution >= 4 is 17.7 Å². The number of carboxylic acid groups (broad SMARTS) is 1. The highest BCUT2D eigenvalue weighted by atomic mass is 16.6. The van der Waals surface area contributed by atoms with Crippen molar-refractivity contribution < 1.29 is 24.2 Å². The number of nitrogens with zero attached hydrogens (tertiary/aromatic N) is 2. The summed E-state index contributed by atoms with van der Waals surface area (Å²) in [6.07, 6.45) is -0.307. The third-order valence-corrected chi connectivity index (χ3v) is 4.04. The van der Waals surface area contributed by atoms with E-state index < -0.39 is 11.6 Å². The Bertz CT molecular complexity index is 653. The van der Waals surface area contributed by atoms with Gasteiger partial charge in [0.25, 0.3) is 0 Å². The van der Waals surface area contributed by atoms with Gasteiger partial charge in [0.15, 0.2) is 0 Å². The highest BCUT2D eigenvalue weighted by Gasteiger charge is 2.31. The summed E-state index contributed by atoms with van der Waals surface area (Å²) in [5.74, 6) is -0.696. The van der Waals surface area contributed by atoms with Crippen LogP contribution in [0.3, 0.4) is 0 Å². The molecule has 0 bridgehead atoms. The van der Waals surface area contributed by atoms with Gasteiger partial charge in [0.1, 0.15) is 16.9 Å². The molecule has 7 nitrogen and oxygen atoms in total. The van der Waals surface area contributed by atoms with E-state index in [9.17, 15) is 14.7 Å². The Morgan fingerprint density at radius 2 is 1.92 bits per heavy atom. The molecular formula is C18H26N2O5. The fourth-order valence-corrected chi connectivity index (χ4v) is 2.84. The number of anilines is 1. The summed E-state index contributed by atoms with van der Waals surface area (Å²) in [5.41, 5.74) is 0.484. The van der Waals surface area contributed by atoms with E-state index in [2.05, 4.69) is 4.90 Å². The maximum atomic E-state index is 12.3. The number of amides is 1. The van der Waals surface area contributed by atoms with Gasteiger partial charge in [-0.15, -0.1) is 0 Å². The lowest BCUT2D eigenvalue weighted by molar-refractivity contribution is 0.0158. The summed E-state index contributed by atoms with van der Waals surface area (Å²) in [6, 6.07) is 5.01. The van der Waals surface area contributed by atoms with Crippen LogP contribution in [-0.4, -0.2) is 60.5 Å². The van der Waals surface area contributed by atoms with Gasteiger partial charge in [-0.1, -0.05) is 0 Å². The van der Waals surface area contributed by atoms with Gasteiger partial charge in [0.05, 0.1) is 7.11 Å². The van der Waals surface area contributed by atoms with E-state index in [0.717, 1.165) is 5.69 Å². The van der Waals surface area contributed by atoms with Gasteiger partial charge in [0, 0.05) is 37.4 Å². The van der Waals surface area contributed by atoms with Gasteiger partial charge in [-0.2, -0.15) is 0 Å². The van der Waals surface area contributed by atoms with E-state index >= 15 is 0 Å². The topological polar surface area (TPSA) is 79.3 Å². The van der Waals surface area contributed by atoms with Gasteiger partial charge in [0.2, 0.25) is 0 Å². The summed E-state index contributed by atoms with van der Waals surface area (Å²) in [4.78, 5) is 27.3. The van der Waals surface area contributed by atoms with Gasteiger partial charge in [-0.3, -0.25) is 0 Å². The van der Waals surface area contributed by atoms with Crippen LogP contribution in [0.25, 0.3) is 0 Å². The number of methoxy groups -OCH3 is 1. The number of ether oxygens (including phenoxy) is 2. The number of carbonyl (C=O) groups excluding carboxylic acids is 1. The second-order valence-electron chi connectivity index (χ2n) is 7.16. The Morgan fingerprint density at radius 1 is 1.24 bits per heavy atom. The molecule has 0 spiro atoms. The molecule has 1 saturated heterocycles. The lowest BCUT2D eigenvalue weighted by Gasteiger charge is -2.41. The van der Waals surface area contributed by atoms with Crippen LogP contribution in [0.1, 0.15) is 38.1 Å². The van der Waals surface area contributed by atoms with Crippen LogP contribution >= 0.6 is 0 Å². The molecule has 138 valence electrons. The van der Waals surface area contributed by atoms with Gasteiger partial charge < -0.3 is 24.4 Å². The fourth-order valence-electron chi connectivity index (χ4n) is 2.84. The highest BCUT2D eigenvalue weighted by molar-refractivity contribution is 5.91. The third-order valence-electron chi connectivity index (χ3n) is 4.04. The molecular weight excluding hydrogens is 324 g/mol. The second-order valence-corrected chi connectivity index (χ2v) is 7.16. The first-order chi connectivity index (χ1) is 11.6. The van der Waals surface area contributed by atoms with Crippen LogP contribution in [0.5, 0.6) is 5.75 Å². The highest BCUT2D eigenvalue weighted by Crippen LogP contribution is 2.28. The zero-order valence-corrected chi connectivity index (χ0v) is 15.4. The number of aromatic carboxylic acids is 1. The molecule has 25 heavy (non-hydrogen) atoms. The maximum Gasteiger partial charge on any atom is 0.410 e. The molecule has 0 saturated carbocycles. The van der Waals surface area contributed by atoms with Crippen molar-refractivity contribution in [1.29, 1.82) is 0 Å². The van der Waals surface area contributed by atoms with E-state index in [4.69, 9.17) is 9.47 Å². The van der Waals surface area contributed by atoms with E-state index in [-0.39, 0.29) is 17.7 Å². The Hall–Kier alpha value is -2.44. The average molecular weight is 350 g/mol. The van der Waals surface area contributed by atoms with Crippen molar-refractivity contribution in [3.05, 3.63) is 23.8 Å². The lowest BCUT2D eigenvalue weighted by Crippen LogP contribution is -2.55. The van der Waals surface area contributed by atoms with Crippen LogP contribution in [0.15, 0.2) is 18.2 Å². The molecule has 1 aliphatic heterocycles. The predicted octanol–water partition coefficient (Wildman–Crippen LogP) is 2.84. The van der Waals surface area contributed by atoms with Gasteiger partial charge in [-0.05, 0) is 39.8 Å². The zero-order valence-electron chi connectivity index (χ0n) is 15.4. The summed E-state index contributed by atoms with van der Waals surface area (Å²) in [7, 11) is 1.45. The minimum absolute atomic E-state index is 0.0197. The number of carboxylic acids is 1. The molecule has 0 radical (unpaired) electrons. The summed E-state index contributed by atoms with van der Waals surface area (Å²) >= 11 is 0. The van der Waals surface area contributed by atoms with Gasteiger partial charge >= 0.3 is 12.1 Å². The average Bonchev–Trinajstić information content (AvgIpc) is 2.52. The monoisotopic (exact) mass is 350 g/mol.